The normalized spacial score (nSPS) is 15.0. The predicted octanol–water partition coefficient (Wildman–Crippen LogP) is 7.93. The summed E-state index contributed by atoms with van der Waals surface area (Å²) in [4.78, 5) is 0. The van der Waals surface area contributed by atoms with Crippen molar-refractivity contribution in [3.8, 4) is 22.6 Å². The van der Waals surface area contributed by atoms with E-state index in [1.807, 2.05) is 30.3 Å². The molecule has 1 atom stereocenters. The van der Waals surface area contributed by atoms with Crippen molar-refractivity contribution in [3.63, 3.8) is 0 Å². The SMILES string of the molecule is CC(Cc1ccccc1)OP1(=[Se])Oc2ccc3ccccc3c2-c2c(ccc3ccccc23)O1. The van der Waals surface area contributed by atoms with Crippen molar-refractivity contribution in [1.82, 2.24) is 0 Å². The van der Waals surface area contributed by atoms with E-state index in [2.05, 4.69) is 94.8 Å². The Bertz CT molecular complexity index is 1470. The molecule has 0 fully saturated rings. The van der Waals surface area contributed by atoms with Gasteiger partial charge in [-0.1, -0.05) is 0 Å². The summed E-state index contributed by atoms with van der Waals surface area (Å²) in [6.07, 6.45) is -2.17. The first-order valence-corrected chi connectivity index (χ1v) is 15.1. The quantitative estimate of drug-likeness (QED) is 0.175. The molecule has 1 heterocycles. The van der Waals surface area contributed by atoms with Crippen LogP contribution >= 0.6 is 6.19 Å². The third-order valence-corrected chi connectivity index (χ3v) is 9.07. The van der Waals surface area contributed by atoms with Crippen LogP contribution in [0.4, 0.5) is 0 Å². The van der Waals surface area contributed by atoms with Gasteiger partial charge in [-0.15, -0.1) is 0 Å². The van der Waals surface area contributed by atoms with Gasteiger partial charge in [0.05, 0.1) is 0 Å². The first-order chi connectivity index (χ1) is 16.6. The average molecular weight is 529 g/mol. The van der Waals surface area contributed by atoms with Crippen molar-refractivity contribution >= 4 is 42.8 Å². The van der Waals surface area contributed by atoms with Crippen molar-refractivity contribution < 1.29 is 13.6 Å². The van der Waals surface area contributed by atoms with Crippen LogP contribution in [0.1, 0.15) is 12.5 Å². The maximum absolute atomic E-state index is 6.60. The van der Waals surface area contributed by atoms with Crippen LogP contribution < -0.4 is 9.05 Å². The summed E-state index contributed by atoms with van der Waals surface area (Å²) in [6, 6.07) is 35.4. The van der Waals surface area contributed by atoms with Gasteiger partial charge in [0.15, 0.2) is 0 Å². The van der Waals surface area contributed by atoms with Crippen LogP contribution in [0.5, 0.6) is 11.5 Å². The van der Waals surface area contributed by atoms with Gasteiger partial charge in [-0.05, 0) is 0 Å². The second-order valence-electron chi connectivity index (χ2n) is 8.56. The third-order valence-electron chi connectivity index (χ3n) is 6.13. The first-order valence-electron chi connectivity index (χ1n) is 11.4. The van der Waals surface area contributed by atoms with Crippen LogP contribution in [0, 0.1) is 0 Å². The van der Waals surface area contributed by atoms with Crippen molar-refractivity contribution in [1.29, 1.82) is 0 Å². The molecule has 34 heavy (non-hydrogen) atoms. The summed E-state index contributed by atoms with van der Waals surface area (Å²) in [5.74, 6) is 1.54. The summed E-state index contributed by atoms with van der Waals surface area (Å²) in [7, 11) is 0. The van der Waals surface area contributed by atoms with E-state index in [-0.39, 0.29) is 6.10 Å². The van der Waals surface area contributed by atoms with Crippen molar-refractivity contribution in [3.05, 3.63) is 109 Å². The Morgan fingerprint density at radius 1 is 0.676 bits per heavy atom. The van der Waals surface area contributed by atoms with Crippen LogP contribution in [0.25, 0.3) is 32.7 Å². The summed E-state index contributed by atoms with van der Waals surface area (Å²) in [6.45, 7) is 2.06. The molecule has 1 aliphatic rings. The molecular formula is C29H23O3PSe. The number of benzene rings is 5. The molecule has 0 amide bonds. The molecule has 6 rings (SSSR count). The molecule has 0 saturated carbocycles. The standard InChI is InChI=1S/C29H23O3PSe/c1-20(19-21-9-3-2-4-10-21)30-33(34)31-26-17-15-22-11-5-7-13-24(22)28(26)29-25-14-8-6-12-23(25)16-18-27(29)32-33/h2-18,20H,19H2,1H3. The molecule has 0 aliphatic carbocycles. The first kappa shape index (κ1) is 21.6. The van der Waals surface area contributed by atoms with Crippen LogP contribution in [-0.4, -0.2) is 21.2 Å². The number of rotatable bonds is 4. The van der Waals surface area contributed by atoms with E-state index >= 15 is 0 Å². The van der Waals surface area contributed by atoms with Gasteiger partial charge in [-0.2, -0.15) is 0 Å². The van der Waals surface area contributed by atoms with Gasteiger partial charge < -0.3 is 0 Å². The summed E-state index contributed by atoms with van der Waals surface area (Å²) in [5, 5.41) is 4.58. The van der Waals surface area contributed by atoms with E-state index in [0.29, 0.717) is 0 Å². The maximum atomic E-state index is 6.60. The zero-order chi connectivity index (χ0) is 23.1. The molecule has 0 saturated heterocycles. The third kappa shape index (κ3) is 3.98. The Morgan fingerprint density at radius 2 is 1.18 bits per heavy atom. The van der Waals surface area contributed by atoms with Crippen molar-refractivity contribution in [2.24, 2.45) is 0 Å². The predicted molar refractivity (Wildman–Crippen MR) is 142 cm³/mol. The van der Waals surface area contributed by atoms with Crippen molar-refractivity contribution in [2.75, 3.05) is 0 Å². The zero-order valence-corrected chi connectivity index (χ0v) is 21.3. The molecule has 1 unspecified atom stereocenters. The van der Waals surface area contributed by atoms with Gasteiger partial charge in [-0.3, -0.25) is 0 Å². The van der Waals surface area contributed by atoms with E-state index in [1.54, 1.807) is 0 Å². The van der Waals surface area contributed by atoms with Crippen LogP contribution in [0.15, 0.2) is 103 Å². The Labute approximate surface area is 206 Å². The molecule has 5 aromatic rings. The number of fused-ring (bicyclic) bond motifs is 7. The topological polar surface area (TPSA) is 27.7 Å². The Balaban J connectivity index is 1.51. The molecule has 0 radical (unpaired) electrons. The second kappa shape index (κ2) is 8.73. The van der Waals surface area contributed by atoms with Crippen molar-refractivity contribution in [2.45, 2.75) is 19.4 Å². The molecule has 5 heteroatoms. The summed E-state index contributed by atoms with van der Waals surface area (Å²) < 4.78 is 19.7. The Kier molecular flexibility index (Phi) is 5.56. The van der Waals surface area contributed by atoms with Gasteiger partial charge in [0, 0.05) is 0 Å². The Morgan fingerprint density at radius 3 is 1.74 bits per heavy atom. The van der Waals surface area contributed by atoms with E-state index in [4.69, 9.17) is 13.6 Å². The van der Waals surface area contributed by atoms with Gasteiger partial charge in [0.1, 0.15) is 0 Å². The fourth-order valence-corrected chi connectivity index (χ4v) is 8.04. The fourth-order valence-electron chi connectivity index (χ4n) is 4.68. The molecule has 0 N–H and O–H groups in total. The van der Waals surface area contributed by atoms with E-state index in [0.717, 1.165) is 50.6 Å². The number of hydrogen-bond donors (Lipinski definition) is 0. The zero-order valence-electron chi connectivity index (χ0n) is 18.7. The fraction of sp³-hybridized carbons (Fsp3) is 0.103. The van der Waals surface area contributed by atoms with Gasteiger partial charge in [0.2, 0.25) is 0 Å². The summed E-state index contributed by atoms with van der Waals surface area (Å²) in [5.41, 5.74) is 3.30. The number of hydrogen-bond acceptors (Lipinski definition) is 3. The minimum atomic E-state index is -2.85. The molecule has 0 aromatic heterocycles. The monoisotopic (exact) mass is 530 g/mol. The minimum absolute atomic E-state index is 0.0945. The molecule has 0 spiro atoms. The second-order valence-corrected chi connectivity index (χ2v) is 12.8. The molecule has 0 bridgehead atoms. The molecule has 3 nitrogen and oxygen atoms in total. The van der Waals surface area contributed by atoms with Gasteiger partial charge in [0.25, 0.3) is 0 Å². The van der Waals surface area contributed by atoms with E-state index < -0.39 is 6.19 Å². The molecule has 168 valence electrons. The van der Waals surface area contributed by atoms with Crippen LogP contribution in [-0.2, 0) is 10.9 Å². The molecular weight excluding hydrogens is 506 g/mol. The van der Waals surface area contributed by atoms with Crippen LogP contribution in [0.2, 0.25) is 0 Å². The molecule has 1 aliphatic heterocycles. The average Bonchev–Trinajstić information content (AvgIpc) is 2.97. The van der Waals surface area contributed by atoms with Gasteiger partial charge in [-0.25, -0.2) is 0 Å². The van der Waals surface area contributed by atoms with E-state index in [9.17, 15) is 0 Å². The van der Waals surface area contributed by atoms with Crippen LogP contribution in [0.3, 0.4) is 0 Å². The Hall–Kier alpha value is -2.87. The summed E-state index contributed by atoms with van der Waals surface area (Å²) >= 11 is 3.17. The van der Waals surface area contributed by atoms with E-state index in [1.165, 1.54) is 5.56 Å². The van der Waals surface area contributed by atoms with Gasteiger partial charge >= 0.3 is 207 Å². The molecule has 5 aromatic carbocycles.